The molecule has 1 spiro atoms. The third-order valence-electron chi connectivity index (χ3n) is 7.51. The summed E-state index contributed by atoms with van der Waals surface area (Å²) in [5, 5.41) is 10.3. The quantitative estimate of drug-likeness (QED) is 0.422. The number of halogens is 1. The maximum absolute atomic E-state index is 14.1. The maximum atomic E-state index is 14.1. The van der Waals surface area contributed by atoms with E-state index >= 15 is 0 Å². The highest BCUT2D eigenvalue weighted by molar-refractivity contribution is 6.30. The number of carbonyl (C=O) groups is 3. The number of likely N-dealkylation sites (tertiary alicyclic amines) is 1. The van der Waals surface area contributed by atoms with Gasteiger partial charge in [0, 0.05) is 23.8 Å². The van der Waals surface area contributed by atoms with Crippen molar-refractivity contribution < 1.29 is 29.0 Å². The number of fused-ring (bicyclic) bond motifs is 1. The molecule has 3 saturated heterocycles. The Bertz CT molecular complexity index is 984. The third kappa shape index (κ3) is 3.54. The van der Waals surface area contributed by atoms with Crippen molar-refractivity contribution in [2.45, 2.75) is 50.4 Å². The normalized spacial score (nSPS) is 31.5. The van der Waals surface area contributed by atoms with Crippen molar-refractivity contribution in [3.05, 3.63) is 41.9 Å². The Morgan fingerprint density at radius 1 is 1.32 bits per heavy atom. The molecule has 3 aliphatic rings. The second kappa shape index (κ2) is 9.32. The molecule has 2 amide bonds. The minimum atomic E-state index is -1.16. The van der Waals surface area contributed by atoms with Gasteiger partial charge < -0.3 is 24.4 Å². The van der Waals surface area contributed by atoms with E-state index in [1.807, 2.05) is 6.92 Å². The van der Waals surface area contributed by atoms with E-state index in [0.29, 0.717) is 30.0 Å². The average Bonchev–Trinajstić information content (AvgIpc) is 3.42. The number of aliphatic hydroxyl groups excluding tert-OH is 1. The minimum Gasteiger partial charge on any atom is -0.466 e. The van der Waals surface area contributed by atoms with Crippen LogP contribution in [0.15, 0.2) is 36.9 Å². The highest BCUT2D eigenvalue weighted by Gasteiger charge is 2.79. The maximum Gasteiger partial charge on any atom is 0.312 e. The van der Waals surface area contributed by atoms with E-state index in [1.165, 1.54) is 9.80 Å². The number of aliphatic hydroxyl groups is 1. The Balaban J connectivity index is 1.80. The van der Waals surface area contributed by atoms with Gasteiger partial charge in [0.15, 0.2) is 0 Å². The molecule has 2 bridgehead atoms. The first-order valence-corrected chi connectivity index (χ1v) is 12.1. The van der Waals surface area contributed by atoms with Crippen molar-refractivity contribution >= 4 is 35.1 Å². The smallest absolute Gasteiger partial charge is 0.312 e. The zero-order valence-electron chi connectivity index (χ0n) is 19.5. The molecule has 34 heavy (non-hydrogen) atoms. The molecule has 0 saturated carbocycles. The van der Waals surface area contributed by atoms with Gasteiger partial charge in [-0.15, -0.1) is 6.58 Å². The van der Waals surface area contributed by atoms with Gasteiger partial charge in [0.1, 0.15) is 17.6 Å². The molecular weight excluding hydrogens is 460 g/mol. The second-order valence-corrected chi connectivity index (χ2v) is 9.49. The van der Waals surface area contributed by atoms with E-state index in [1.54, 1.807) is 37.3 Å². The predicted molar refractivity (Wildman–Crippen MR) is 126 cm³/mol. The van der Waals surface area contributed by atoms with Crippen LogP contribution < -0.4 is 4.90 Å². The highest BCUT2D eigenvalue weighted by Crippen LogP contribution is 2.64. The van der Waals surface area contributed by atoms with Crippen LogP contribution >= 0.6 is 11.6 Å². The van der Waals surface area contributed by atoms with Crippen LogP contribution in [-0.4, -0.2) is 71.3 Å². The van der Waals surface area contributed by atoms with Crippen molar-refractivity contribution in [1.82, 2.24) is 4.90 Å². The number of benzene rings is 1. The van der Waals surface area contributed by atoms with Gasteiger partial charge in [-0.2, -0.15) is 0 Å². The average molecular weight is 491 g/mol. The summed E-state index contributed by atoms with van der Waals surface area (Å²) in [7, 11) is 0. The van der Waals surface area contributed by atoms with Gasteiger partial charge in [-0.1, -0.05) is 24.6 Å². The molecular formula is C25H31ClN2O6. The van der Waals surface area contributed by atoms with E-state index in [-0.39, 0.29) is 38.1 Å². The van der Waals surface area contributed by atoms with Crippen LogP contribution in [0, 0.1) is 11.8 Å². The fourth-order valence-corrected chi connectivity index (χ4v) is 6.28. The van der Waals surface area contributed by atoms with Crippen LogP contribution in [0.3, 0.4) is 0 Å². The van der Waals surface area contributed by atoms with Gasteiger partial charge in [0.05, 0.1) is 24.7 Å². The fourth-order valence-electron chi connectivity index (χ4n) is 6.16. The molecule has 1 aromatic carbocycles. The summed E-state index contributed by atoms with van der Waals surface area (Å²) in [4.78, 5) is 43.9. The first-order chi connectivity index (χ1) is 16.3. The Kier molecular flexibility index (Phi) is 6.77. The van der Waals surface area contributed by atoms with E-state index in [9.17, 15) is 19.5 Å². The Labute approximate surface area is 204 Å². The summed E-state index contributed by atoms with van der Waals surface area (Å²) in [5.41, 5.74) is -1.41. The number of anilines is 1. The molecule has 184 valence electrons. The van der Waals surface area contributed by atoms with Crippen LogP contribution in [0.25, 0.3) is 0 Å². The number of nitrogens with zero attached hydrogens (tertiary/aromatic N) is 2. The topological polar surface area (TPSA) is 96.4 Å². The lowest BCUT2D eigenvalue weighted by molar-refractivity contribution is -0.160. The van der Waals surface area contributed by atoms with Crippen molar-refractivity contribution in [3.8, 4) is 0 Å². The van der Waals surface area contributed by atoms with Gasteiger partial charge in [-0.25, -0.2) is 0 Å². The number of ether oxygens (including phenoxy) is 2. The monoisotopic (exact) mass is 490 g/mol. The van der Waals surface area contributed by atoms with Crippen molar-refractivity contribution in [3.63, 3.8) is 0 Å². The van der Waals surface area contributed by atoms with Crippen molar-refractivity contribution in [2.24, 2.45) is 11.8 Å². The van der Waals surface area contributed by atoms with Gasteiger partial charge in [-0.3, -0.25) is 14.4 Å². The Morgan fingerprint density at radius 3 is 2.62 bits per heavy atom. The fraction of sp³-hybridized carbons (Fsp3) is 0.560. The molecule has 4 rings (SSSR count). The predicted octanol–water partition coefficient (Wildman–Crippen LogP) is 2.57. The summed E-state index contributed by atoms with van der Waals surface area (Å²) >= 11 is 6.04. The highest BCUT2D eigenvalue weighted by atomic mass is 35.5. The van der Waals surface area contributed by atoms with Gasteiger partial charge >= 0.3 is 5.97 Å². The standard InChI is InChI=1S/C25H31ClN2O6/c1-4-13-27(17-9-7-16(26)8-10-17)22(31)20-25-12-11-24(5-2,34-25)19(23(32)33-6-3)18(25)21(30)28(20)14-15-29/h4,7-10,18-20,29H,1,5-6,11-15H2,2-3H3/t18-,19+,20?,24-,25?/m0/s1. The number of hydrogen-bond acceptors (Lipinski definition) is 6. The summed E-state index contributed by atoms with van der Waals surface area (Å²) in [6.45, 7) is 7.48. The SMILES string of the molecule is C=CCN(C(=O)C1N(CCO)C(=O)[C@@H]2[C@H](C(=O)OCC)[C@]3(CC)CCC12O3)c1ccc(Cl)cc1. The summed E-state index contributed by atoms with van der Waals surface area (Å²) in [5.74, 6) is -2.79. The second-order valence-electron chi connectivity index (χ2n) is 9.05. The molecule has 0 aliphatic carbocycles. The number of esters is 1. The van der Waals surface area contributed by atoms with Gasteiger partial charge in [0.25, 0.3) is 5.91 Å². The summed E-state index contributed by atoms with van der Waals surface area (Å²) in [6.07, 6.45) is 3.15. The number of rotatable bonds is 9. The van der Waals surface area contributed by atoms with Crippen LogP contribution in [0.1, 0.15) is 33.1 Å². The molecule has 9 heteroatoms. The molecule has 1 aromatic rings. The molecule has 3 aliphatic heterocycles. The van der Waals surface area contributed by atoms with E-state index in [0.717, 1.165) is 0 Å². The molecule has 0 aromatic heterocycles. The first kappa shape index (κ1) is 24.7. The van der Waals surface area contributed by atoms with E-state index in [2.05, 4.69) is 6.58 Å². The third-order valence-corrected chi connectivity index (χ3v) is 7.76. The molecule has 8 nitrogen and oxygen atoms in total. The van der Waals surface area contributed by atoms with Crippen LogP contribution in [0.5, 0.6) is 0 Å². The minimum absolute atomic E-state index is 0.0337. The molecule has 3 heterocycles. The molecule has 1 N–H and O–H groups in total. The Hall–Kier alpha value is -2.42. The molecule has 0 radical (unpaired) electrons. The Morgan fingerprint density at radius 2 is 2.03 bits per heavy atom. The number of carbonyl (C=O) groups excluding carboxylic acids is 3. The summed E-state index contributed by atoms with van der Waals surface area (Å²) in [6, 6.07) is 5.85. The first-order valence-electron chi connectivity index (χ1n) is 11.8. The van der Waals surface area contributed by atoms with Crippen molar-refractivity contribution in [2.75, 3.05) is 31.2 Å². The van der Waals surface area contributed by atoms with Crippen LogP contribution in [0.2, 0.25) is 5.02 Å². The molecule has 5 atom stereocenters. The van der Waals surface area contributed by atoms with E-state index in [4.69, 9.17) is 21.1 Å². The lowest BCUT2D eigenvalue weighted by Gasteiger charge is -2.36. The molecule has 2 unspecified atom stereocenters. The zero-order chi connectivity index (χ0) is 24.7. The lowest BCUT2D eigenvalue weighted by atomic mass is 9.65. The van der Waals surface area contributed by atoms with Gasteiger partial charge in [0.2, 0.25) is 5.91 Å². The number of β-amino-alcohol motifs (C(OH)–C–C–N with tert-alkyl or cyclic N) is 1. The largest absolute Gasteiger partial charge is 0.466 e. The van der Waals surface area contributed by atoms with E-state index < -0.39 is 35.0 Å². The van der Waals surface area contributed by atoms with Crippen molar-refractivity contribution in [1.29, 1.82) is 0 Å². The van der Waals surface area contributed by atoms with Crippen LogP contribution in [0.4, 0.5) is 5.69 Å². The van der Waals surface area contributed by atoms with Crippen LogP contribution in [-0.2, 0) is 23.9 Å². The number of amides is 2. The molecule has 3 fully saturated rings. The van der Waals surface area contributed by atoms with Gasteiger partial charge in [-0.05, 0) is 50.5 Å². The lowest BCUT2D eigenvalue weighted by Crippen LogP contribution is -2.56. The number of hydrogen-bond donors (Lipinski definition) is 1. The zero-order valence-corrected chi connectivity index (χ0v) is 20.3. The summed E-state index contributed by atoms with van der Waals surface area (Å²) < 4.78 is 12.0.